The smallest absolute Gasteiger partial charge is 0.285 e. The number of hydrogen-bond donors (Lipinski definition) is 2. The van der Waals surface area contributed by atoms with Crippen LogP contribution in [-0.4, -0.2) is 43.8 Å². The third-order valence-electron chi connectivity index (χ3n) is 2.78. The summed E-state index contributed by atoms with van der Waals surface area (Å²) in [7, 11) is 1.44. The van der Waals surface area contributed by atoms with Crippen LogP contribution in [0.15, 0.2) is 17.0 Å². The molecule has 0 radical (unpaired) electrons. The first kappa shape index (κ1) is 20.5. The molecule has 0 bridgehead atoms. The molecule has 0 aromatic heterocycles. The summed E-state index contributed by atoms with van der Waals surface area (Å²) in [4.78, 5) is 23.3. The lowest BCUT2D eigenvalue weighted by atomic mass is 10.1. The van der Waals surface area contributed by atoms with Gasteiger partial charge in [-0.05, 0) is 18.9 Å². The highest BCUT2D eigenvalue weighted by Crippen LogP contribution is 2.34. The highest BCUT2D eigenvalue weighted by atomic mass is 35.5. The summed E-state index contributed by atoms with van der Waals surface area (Å²) in [5, 5.41) is 16.8. The van der Waals surface area contributed by atoms with Gasteiger partial charge < -0.3 is 15.4 Å². The number of nitrogens with one attached hydrogen (secondary N) is 2. The zero-order valence-electron chi connectivity index (χ0n) is 12.7. The summed E-state index contributed by atoms with van der Waals surface area (Å²) < 4.78 is 5.11. The highest BCUT2D eigenvalue weighted by molar-refractivity contribution is 7.98. The normalized spacial score (nSPS) is 9.77. The molecule has 0 aliphatic heterocycles. The number of ether oxygens (including phenoxy) is 1. The summed E-state index contributed by atoms with van der Waals surface area (Å²) >= 11 is 1.36. The molecule has 0 unspecified atom stereocenters. The molecule has 124 valence electrons. The number of nitro benzene ring substituents is 1. The molecule has 0 saturated carbocycles. The van der Waals surface area contributed by atoms with E-state index in [4.69, 9.17) is 4.74 Å². The number of rotatable bonds is 8. The summed E-state index contributed by atoms with van der Waals surface area (Å²) in [6.45, 7) is 3.78. The van der Waals surface area contributed by atoms with E-state index in [1.165, 1.54) is 31.0 Å². The molecule has 22 heavy (non-hydrogen) atoms. The van der Waals surface area contributed by atoms with Gasteiger partial charge in [-0.15, -0.1) is 24.2 Å². The Morgan fingerprint density at radius 3 is 2.59 bits per heavy atom. The Balaban J connectivity index is 0.00000441. The summed E-state index contributed by atoms with van der Waals surface area (Å²) in [5.41, 5.74) is -0.216. The molecule has 1 aromatic rings. The molecule has 0 fully saturated rings. The van der Waals surface area contributed by atoms with Crippen LogP contribution >= 0.6 is 24.2 Å². The molecule has 1 amide bonds. The Kier molecular flexibility index (Phi) is 9.55. The van der Waals surface area contributed by atoms with Crippen molar-refractivity contribution in [2.45, 2.75) is 11.8 Å². The Bertz CT molecular complexity index is 528. The second kappa shape index (κ2) is 10.3. The van der Waals surface area contributed by atoms with Crippen LogP contribution in [0.25, 0.3) is 0 Å². The van der Waals surface area contributed by atoms with Crippen molar-refractivity contribution in [1.82, 2.24) is 10.6 Å². The van der Waals surface area contributed by atoms with Gasteiger partial charge in [-0.25, -0.2) is 0 Å². The second-order valence-electron chi connectivity index (χ2n) is 4.09. The number of hydrogen-bond acceptors (Lipinski definition) is 6. The predicted octanol–water partition coefficient (Wildman–Crippen LogP) is 2.09. The largest absolute Gasteiger partial charge is 0.495 e. The van der Waals surface area contributed by atoms with Crippen LogP contribution in [0.1, 0.15) is 17.3 Å². The van der Waals surface area contributed by atoms with Crippen LogP contribution in [0.5, 0.6) is 5.75 Å². The van der Waals surface area contributed by atoms with Crippen LogP contribution in [0.4, 0.5) is 5.69 Å². The Hall–Kier alpha value is -1.51. The topological polar surface area (TPSA) is 93.5 Å². The minimum Gasteiger partial charge on any atom is -0.495 e. The van der Waals surface area contributed by atoms with E-state index in [0.29, 0.717) is 23.7 Å². The molecule has 1 aromatic carbocycles. The van der Waals surface area contributed by atoms with Crippen LogP contribution in [0.3, 0.4) is 0 Å². The number of likely N-dealkylation sites (N-methyl/N-ethyl adjacent to an activating group) is 1. The third kappa shape index (κ3) is 5.36. The molecule has 0 aliphatic carbocycles. The zero-order chi connectivity index (χ0) is 15.8. The fourth-order valence-corrected chi connectivity index (χ4v) is 2.32. The van der Waals surface area contributed by atoms with Crippen LogP contribution in [0, 0.1) is 10.1 Å². The number of methoxy groups -OCH3 is 1. The molecule has 0 spiro atoms. The average Bonchev–Trinajstić information content (AvgIpc) is 2.49. The zero-order valence-corrected chi connectivity index (χ0v) is 14.3. The van der Waals surface area contributed by atoms with E-state index >= 15 is 0 Å². The maximum Gasteiger partial charge on any atom is 0.285 e. The van der Waals surface area contributed by atoms with Crippen molar-refractivity contribution in [2.24, 2.45) is 0 Å². The van der Waals surface area contributed by atoms with Gasteiger partial charge in [0.25, 0.3) is 11.6 Å². The molecule has 0 aliphatic rings. The molecular formula is C13H20ClN3O4S. The van der Waals surface area contributed by atoms with Gasteiger partial charge in [-0.1, -0.05) is 6.92 Å². The number of thioether (sulfide) groups is 1. The summed E-state index contributed by atoms with van der Waals surface area (Å²) in [6.07, 6.45) is 1.82. The first-order valence-corrected chi connectivity index (χ1v) is 7.66. The van der Waals surface area contributed by atoms with E-state index in [-0.39, 0.29) is 23.7 Å². The maximum atomic E-state index is 12.1. The first-order chi connectivity index (χ1) is 10.0. The molecule has 0 atom stereocenters. The van der Waals surface area contributed by atoms with Gasteiger partial charge in [-0.2, -0.15) is 0 Å². The maximum absolute atomic E-state index is 12.1. The average molecular weight is 350 g/mol. The molecular weight excluding hydrogens is 330 g/mol. The van der Waals surface area contributed by atoms with E-state index in [9.17, 15) is 14.9 Å². The van der Waals surface area contributed by atoms with E-state index in [0.717, 1.165) is 6.54 Å². The van der Waals surface area contributed by atoms with Gasteiger partial charge in [0.2, 0.25) is 0 Å². The fraction of sp³-hybridized carbons (Fsp3) is 0.462. The molecule has 0 heterocycles. The van der Waals surface area contributed by atoms with Gasteiger partial charge in [0.15, 0.2) is 0 Å². The molecule has 1 rings (SSSR count). The van der Waals surface area contributed by atoms with Crippen molar-refractivity contribution in [3.63, 3.8) is 0 Å². The lowest BCUT2D eigenvalue weighted by molar-refractivity contribution is -0.385. The number of carbonyl (C=O) groups is 1. The minimum atomic E-state index is -0.578. The quantitative estimate of drug-likeness (QED) is 0.323. The SMILES string of the molecule is CCNCCNC(=O)c1cc(SC)c(OC)cc1[N+](=O)[O-].Cl. The predicted molar refractivity (Wildman–Crippen MR) is 89.6 cm³/mol. The number of benzene rings is 1. The number of halogens is 1. The van der Waals surface area contributed by atoms with Gasteiger partial charge >= 0.3 is 0 Å². The van der Waals surface area contributed by atoms with E-state index in [2.05, 4.69) is 10.6 Å². The Labute approximate surface area is 139 Å². The Morgan fingerprint density at radius 1 is 1.41 bits per heavy atom. The summed E-state index contributed by atoms with van der Waals surface area (Å²) in [6, 6.07) is 2.77. The molecule has 2 N–H and O–H groups in total. The monoisotopic (exact) mass is 349 g/mol. The van der Waals surface area contributed by atoms with Crippen molar-refractivity contribution in [2.75, 3.05) is 33.0 Å². The highest BCUT2D eigenvalue weighted by Gasteiger charge is 2.23. The molecule has 0 saturated heterocycles. The van der Waals surface area contributed by atoms with Crippen molar-refractivity contribution in [3.05, 3.63) is 27.8 Å². The van der Waals surface area contributed by atoms with E-state index < -0.39 is 10.8 Å². The number of nitrogens with zero attached hydrogens (tertiary/aromatic N) is 1. The second-order valence-corrected chi connectivity index (χ2v) is 4.94. The van der Waals surface area contributed by atoms with Crippen molar-refractivity contribution < 1.29 is 14.5 Å². The van der Waals surface area contributed by atoms with Crippen molar-refractivity contribution in [1.29, 1.82) is 0 Å². The van der Waals surface area contributed by atoms with Gasteiger partial charge in [0.1, 0.15) is 11.3 Å². The van der Waals surface area contributed by atoms with E-state index in [1.54, 1.807) is 0 Å². The number of nitro groups is 1. The Morgan fingerprint density at radius 2 is 2.09 bits per heavy atom. The number of carbonyl (C=O) groups excluding carboxylic acids is 1. The molecule has 7 nitrogen and oxygen atoms in total. The van der Waals surface area contributed by atoms with E-state index in [1.807, 2.05) is 13.2 Å². The van der Waals surface area contributed by atoms with Gasteiger partial charge in [-0.3, -0.25) is 14.9 Å². The van der Waals surface area contributed by atoms with Gasteiger partial charge in [0, 0.05) is 13.1 Å². The third-order valence-corrected chi connectivity index (χ3v) is 3.54. The lowest BCUT2D eigenvalue weighted by Crippen LogP contribution is -2.32. The standard InChI is InChI=1S/C13H19N3O4S.ClH/c1-4-14-5-6-15-13(17)9-7-12(21-3)11(20-2)8-10(9)16(18)19;/h7-8,14H,4-6H2,1-3H3,(H,15,17);1H. The van der Waals surface area contributed by atoms with Crippen LogP contribution in [0.2, 0.25) is 0 Å². The molecule has 9 heteroatoms. The fourth-order valence-electron chi connectivity index (χ4n) is 1.74. The van der Waals surface area contributed by atoms with Crippen molar-refractivity contribution >= 4 is 35.8 Å². The van der Waals surface area contributed by atoms with Gasteiger partial charge in [0.05, 0.1) is 23.0 Å². The van der Waals surface area contributed by atoms with Crippen molar-refractivity contribution in [3.8, 4) is 5.75 Å². The minimum absolute atomic E-state index is 0. The summed E-state index contributed by atoms with van der Waals surface area (Å²) in [5.74, 6) is -0.0732. The van der Waals surface area contributed by atoms with Crippen LogP contribution < -0.4 is 15.4 Å². The lowest BCUT2D eigenvalue weighted by Gasteiger charge is -2.10. The number of amides is 1. The van der Waals surface area contributed by atoms with Crippen LogP contribution in [-0.2, 0) is 0 Å². The first-order valence-electron chi connectivity index (χ1n) is 6.44.